The molecule has 6 heteroatoms. The highest BCUT2D eigenvalue weighted by Crippen LogP contribution is 2.36. The van der Waals surface area contributed by atoms with Gasteiger partial charge in [0.25, 0.3) is 0 Å². The first kappa shape index (κ1) is 13.5. The topological polar surface area (TPSA) is 61.0 Å². The van der Waals surface area contributed by atoms with Gasteiger partial charge in [-0.05, 0) is 15.9 Å². The molecule has 3 rings (SSSR count). The molecule has 0 aliphatic carbocycles. The van der Waals surface area contributed by atoms with E-state index in [1.54, 1.807) is 0 Å². The van der Waals surface area contributed by atoms with Crippen molar-refractivity contribution in [2.24, 2.45) is 0 Å². The Morgan fingerprint density at radius 3 is 2.00 bits per heavy atom. The Hall–Kier alpha value is -2.47. The van der Waals surface area contributed by atoms with E-state index in [4.69, 9.17) is 0 Å². The van der Waals surface area contributed by atoms with Crippen LogP contribution >= 0.6 is 15.9 Å². The van der Waals surface area contributed by atoms with Crippen LogP contribution in [0.5, 0.6) is 0 Å². The molecule has 1 aromatic heterocycles. The monoisotopic (exact) mass is 343 g/mol. The first-order chi connectivity index (χ1) is 10.2. The molecule has 0 radical (unpaired) electrons. The fraction of sp³-hybridized carbons (Fsp3) is 0. The highest BCUT2D eigenvalue weighted by Gasteiger charge is 2.26. The number of rotatable bonds is 3. The van der Waals surface area contributed by atoms with Crippen LogP contribution < -0.4 is 0 Å². The molecular formula is C15H10BrN3O2. The van der Waals surface area contributed by atoms with Gasteiger partial charge in [-0.1, -0.05) is 60.7 Å². The van der Waals surface area contributed by atoms with E-state index < -0.39 is 5.03 Å². The summed E-state index contributed by atoms with van der Waals surface area (Å²) < 4.78 is 0.608. The third-order valence-corrected chi connectivity index (χ3v) is 3.81. The normalized spacial score (nSPS) is 10.5. The number of benzene rings is 2. The number of halogens is 1. The van der Waals surface area contributed by atoms with Gasteiger partial charge in [0.1, 0.15) is 4.47 Å². The van der Waals surface area contributed by atoms with Crippen LogP contribution in [0.4, 0.5) is 0 Å². The first-order valence-electron chi connectivity index (χ1n) is 6.22. The van der Waals surface area contributed by atoms with Crippen LogP contribution in [0.25, 0.3) is 22.5 Å². The van der Waals surface area contributed by atoms with Crippen molar-refractivity contribution < 1.29 is 5.03 Å². The highest BCUT2D eigenvalue weighted by atomic mass is 79.9. The van der Waals surface area contributed by atoms with Crippen LogP contribution in [0.3, 0.4) is 0 Å². The number of nitrogens with zero attached hydrogens (tertiary/aromatic N) is 3. The Bertz CT molecular complexity index is 785. The Labute approximate surface area is 129 Å². The third kappa shape index (κ3) is 2.45. The van der Waals surface area contributed by atoms with E-state index in [0.717, 1.165) is 15.9 Å². The summed E-state index contributed by atoms with van der Waals surface area (Å²) >= 11 is 3.46. The van der Waals surface area contributed by atoms with E-state index in [2.05, 4.69) is 21.0 Å². The molecule has 0 saturated heterocycles. The molecule has 0 amide bonds. The number of nitro groups is 1. The second kappa shape index (κ2) is 5.49. The maximum atomic E-state index is 11.3. The summed E-state index contributed by atoms with van der Waals surface area (Å²) in [6.07, 6.45) is 0. The van der Waals surface area contributed by atoms with Crippen LogP contribution in [-0.2, 0) is 0 Å². The molecule has 0 spiro atoms. The van der Waals surface area contributed by atoms with Gasteiger partial charge in [-0.3, -0.25) is 0 Å². The highest BCUT2D eigenvalue weighted by molar-refractivity contribution is 9.10. The second-order valence-electron chi connectivity index (χ2n) is 4.37. The smallest absolute Gasteiger partial charge is 0.225 e. The summed E-state index contributed by atoms with van der Waals surface area (Å²) in [5.41, 5.74) is 2.53. The van der Waals surface area contributed by atoms with E-state index in [9.17, 15) is 10.1 Å². The van der Waals surface area contributed by atoms with Crippen molar-refractivity contribution in [2.45, 2.75) is 0 Å². The predicted octanol–water partition coefficient (Wildman–Crippen LogP) is 4.02. The second-order valence-corrected chi connectivity index (χ2v) is 5.16. The molecular weight excluding hydrogens is 334 g/mol. The van der Waals surface area contributed by atoms with E-state index in [0.29, 0.717) is 15.9 Å². The molecule has 21 heavy (non-hydrogen) atoms. The SMILES string of the molecule is O=[N+]([O-])n1nc(-c2ccccc2)c(Br)c1-c1ccccc1. The zero-order valence-electron chi connectivity index (χ0n) is 10.8. The summed E-state index contributed by atoms with van der Waals surface area (Å²) in [5.74, 6) is 0. The Morgan fingerprint density at radius 1 is 0.952 bits per heavy atom. The van der Waals surface area contributed by atoms with Gasteiger partial charge in [0.05, 0.1) is 10.1 Å². The lowest BCUT2D eigenvalue weighted by atomic mass is 10.1. The molecule has 0 atom stereocenters. The molecule has 0 unspecified atom stereocenters. The van der Waals surface area contributed by atoms with Crippen molar-refractivity contribution in [1.82, 2.24) is 9.89 Å². The Balaban J connectivity index is 2.25. The molecule has 5 nitrogen and oxygen atoms in total. The minimum absolute atomic E-state index is 0.430. The molecule has 0 bridgehead atoms. The Kier molecular flexibility index (Phi) is 3.53. The third-order valence-electron chi connectivity index (χ3n) is 3.06. The van der Waals surface area contributed by atoms with E-state index >= 15 is 0 Å². The van der Waals surface area contributed by atoms with Crippen molar-refractivity contribution in [1.29, 1.82) is 0 Å². The number of aromatic nitrogens is 2. The molecule has 0 N–H and O–H groups in total. The van der Waals surface area contributed by atoms with Crippen LogP contribution in [0, 0.1) is 10.1 Å². The summed E-state index contributed by atoms with van der Waals surface area (Å²) in [6, 6.07) is 18.5. The number of hydrogen-bond acceptors (Lipinski definition) is 3. The van der Waals surface area contributed by atoms with Crippen molar-refractivity contribution >= 4 is 15.9 Å². The molecule has 0 aliphatic rings. The van der Waals surface area contributed by atoms with Gasteiger partial charge in [0, 0.05) is 15.9 Å². The maximum absolute atomic E-state index is 11.3. The largest absolute Gasteiger partial charge is 0.339 e. The molecule has 2 aromatic carbocycles. The molecule has 104 valence electrons. The van der Waals surface area contributed by atoms with Gasteiger partial charge in [0.15, 0.2) is 5.69 Å². The van der Waals surface area contributed by atoms with Crippen molar-refractivity contribution in [3.63, 3.8) is 0 Å². The van der Waals surface area contributed by atoms with Crippen LogP contribution in [0.1, 0.15) is 0 Å². The van der Waals surface area contributed by atoms with E-state index in [1.807, 2.05) is 60.7 Å². The predicted molar refractivity (Wildman–Crippen MR) is 83.2 cm³/mol. The fourth-order valence-electron chi connectivity index (χ4n) is 2.13. The van der Waals surface area contributed by atoms with Gasteiger partial charge in [-0.25, -0.2) is 0 Å². The summed E-state index contributed by atoms with van der Waals surface area (Å²) in [4.78, 5) is 12.1. The minimum atomic E-state index is -0.528. The zero-order valence-corrected chi connectivity index (χ0v) is 12.4. The van der Waals surface area contributed by atoms with Gasteiger partial charge in [-0.2, -0.15) is 0 Å². The average molecular weight is 344 g/mol. The maximum Gasteiger partial charge on any atom is 0.225 e. The van der Waals surface area contributed by atoms with Crippen LogP contribution in [0.15, 0.2) is 65.1 Å². The number of hydrogen-bond donors (Lipinski definition) is 0. The minimum Gasteiger partial charge on any atom is -0.339 e. The van der Waals surface area contributed by atoms with Gasteiger partial charge in [0.2, 0.25) is 5.69 Å². The van der Waals surface area contributed by atoms with E-state index in [-0.39, 0.29) is 0 Å². The lowest BCUT2D eigenvalue weighted by molar-refractivity contribution is -0.550. The summed E-state index contributed by atoms with van der Waals surface area (Å²) in [7, 11) is 0. The van der Waals surface area contributed by atoms with Crippen molar-refractivity contribution in [3.8, 4) is 22.5 Å². The standard InChI is InChI=1S/C15H10BrN3O2/c16-13-14(11-7-3-1-4-8-11)17-18(19(20)21)15(13)12-9-5-2-6-10-12/h1-10H. The van der Waals surface area contributed by atoms with Gasteiger partial charge in [-0.15, -0.1) is 0 Å². The summed E-state index contributed by atoms with van der Waals surface area (Å²) in [5, 5.41) is 14.9. The summed E-state index contributed by atoms with van der Waals surface area (Å²) in [6.45, 7) is 0. The molecule has 0 fully saturated rings. The zero-order chi connectivity index (χ0) is 14.8. The van der Waals surface area contributed by atoms with Crippen LogP contribution in [-0.4, -0.2) is 14.9 Å². The van der Waals surface area contributed by atoms with E-state index in [1.165, 1.54) is 0 Å². The lowest BCUT2D eigenvalue weighted by Gasteiger charge is -2.00. The van der Waals surface area contributed by atoms with Crippen molar-refractivity contribution in [2.75, 3.05) is 0 Å². The molecule has 3 aromatic rings. The molecule has 1 heterocycles. The average Bonchev–Trinajstić information content (AvgIpc) is 2.87. The van der Waals surface area contributed by atoms with Crippen molar-refractivity contribution in [3.05, 3.63) is 75.3 Å². The van der Waals surface area contributed by atoms with Crippen LogP contribution in [0.2, 0.25) is 0 Å². The first-order valence-corrected chi connectivity index (χ1v) is 7.02. The molecule has 0 aliphatic heterocycles. The van der Waals surface area contributed by atoms with Gasteiger partial charge >= 0.3 is 0 Å². The quantitative estimate of drug-likeness (QED) is 0.533. The Morgan fingerprint density at radius 2 is 1.48 bits per heavy atom. The lowest BCUT2D eigenvalue weighted by Crippen LogP contribution is -2.11. The van der Waals surface area contributed by atoms with Gasteiger partial charge < -0.3 is 10.1 Å². The molecule has 0 saturated carbocycles. The fourth-order valence-corrected chi connectivity index (χ4v) is 2.82.